The Hall–Kier alpha value is -1.32. The van der Waals surface area contributed by atoms with E-state index >= 15 is 0 Å². The summed E-state index contributed by atoms with van der Waals surface area (Å²) in [6.07, 6.45) is -5.66. The molecule has 0 amide bonds. The molecule has 4 rings (SSSR count). The summed E-state index contributed by atoms with van der Waals surface area (Å²) in [6.45, 7) is 6.15. The van der Waals surface area contributed by atoms with Crippen molar-refractivity contribution in [2.75, 3.05) is 0 Å². The Morgan fingerprint density at radius 3 is 2.22 bits per heavy atom. The Bertz CT molecular complexity index is 763. The highest BCUT2D eigenvalue weighted by Crippen LogP contribution is 2.69. The molecule has 0 aromatic carbocycles. The summed E-state index contributed by atoms with van der Waals surface area (Å²) >= 11 is 0. The van der Waals surface area contributed by atoms with Gasteiger partial charge in [0.05, 0.1) is 23.7 Å². The van der Waals surface area contributed by atoms with E-state index in [0.29, 0.717) is 5.57 Å². The molecule has 11 atom stereocenters. The highest BCUT2D eigenvalue weighted by atomic mass is 16.6. The molecule has 5 N–H and O–H groups in total. The molecule has 3 aliphatic carbocycles. The number of aliphatic hydroxyl groups excluding tert-OH is 4. The number of hydrogen-bond acceptors (Lipinski definition) is 8. The molecule has 4 aliphatic rings. The lowest BCUT2D eigenvalue weighted by Crippen LogP contribution is -2.78. The molecule has 11 unspecified atom stereocenters. The zero-order valence-corrected chi connectivity index (χ0v) is 15.7. The van der Waals surface area contributed by atoms with Crippen LogP contribution < -0.4 is 0 Å². The molecule has 0 aromatic rings. The summed E-state index contributed by atoms with van der Waals surface area (Å²) < 4.78 is 5.41. The lowest BCUT2D eigenvalue weighted by molar-refractivity contribution is -0.298. The normalized spacial score (nSPS) is 59.7. The Labute approximate surface area is 156 Å². The van der Waals surface area contributed by atoms with Crippen LogP contribution in [-0.2, 0) is 14.3 Å². The van der Waals surface area contributed by atoms with E-state index in [2.05, 4.69) is 0 Å². The van der Waals surface area contributed by atoms with Crippen LogP contribution in [-0.4, -0.2) is 73.4 Å². The van der Waals surface area contributed by atoms with Gasteiger partial charge < -0.3 is 30.3 Å². The van der Waals surface area contributed by atoms with E-state index in [4.69, 9.17) is 4.74 Å². The van der Waals surface area contributed by atoms with Crippen LogP contribution in [0, 0.1) is 28.6 Å². The Kier molecular flexibility index (Phi) is 3.65. The Balaban J connectivity index is 2.04. The maximum absolute atomic E-state index is 12.7. The van der Waals surface area contributed by atoms with Gasteiger partial charge in [-0.1, -0.05) is 26.3 Å². The first-order chi connectivity index (χ1) is 12.4. The maximum atomic E-state index is 12.7. The van der Waals surface area contributed by atoms with E-state index in [1.54, 1.807) is 13.8 Å². The van der Waals surface area contributed by atoms with E-state index in [1.807, 2.05) is 0 Å². The molecular weight excluding hydrogens is 356 g/mol. The molecule has 1 heterocycles. The molecule has 8 nitrogen and oxygen atoms in total. The fourth-order valence-electron chi connectivity index (χ4n) is 6.92. The van der Waals surface area contributed by atoms with Gasteiger partial charge in [0.25, 0.3) is 0 Å². The molecule has 1 saturated heterocycles. The second kappa shape index (κ2) is 5.18. The standard InChI is InChI=1S/C19H26O8/c1-6-5-8(20)14(24)17(3)9(6)11(22)15-18(4)13(17)12(23)10(21)7(2)19(18,26)16(25)27-15/h5,7,9-15,21-24,26H,1-4H3. The number of aliphatic hydroxyl groups is 5. The quantitative estimate of drug-likeness (QED) is 0.319. The van der Waals surface area contributed by atoms with Crippen LogP contribution in [0.5, 0.6) is 0 Å². The van der Waals surface area contributed by atoms with Gasteiger partial charge in [-0.3, -0.25) is 4.79 Å². The van der Waals surface area contributed by atoms with E-state index in [1.165, 1.54) is 19.9 Å². The minimum Gasteiger partial charge on any atom is -0.457 e. The van der Waals surface area contributed by atoms with Gasteiger partial charge >= 0.3 is 5.97 Å². The summed E-state index contributed by atoms with van der Waals surface area (Å²) in [7, 11) is 0. The predicted molar refractivity (Wildman–Crippen MR) is 90.0 cm³/mol. The number of esters is 1. The third-order valence-corrected chi connectivity index (χ3v) is 8.18. The van der Waals surface area contributed by atoms with Gasteiger partial charge in [-0.15, -0.1) is 0 Å². The Morgan fingerprint density at radius 2 is 1.63 bits per heavy atom. The summed E-state index contributed by atoms with van der Waals surface area (Å²) in [5, 5.41) is 55.0. The number of rotatable bonds is 0. The summed E-state index contributed by atoms with van der Waals surface area (Å²) in [4.78, 5) is 25.1. The van der Waals surface area contributed by atoms with Crippen LogP contribution in [0.15, 0.2) is 11.6 Å². The van der Waals surface area contributed by atoms with Crippen molar-refractivity contribution in [3.05, 3.63) is 11.6 Å². The molecule has 1 aliphatic heterocycles. The van der Waals surface area contributed by atoms with Gasteiger partial charge in [-0.25, -0.2) is 4.79 Å². The monoisotopic (exact) mass is 382 g/mol. The van der Waals surface area contributed by atoms with E-state index in [-0.39, 0.29) is 0 Å². The van der Waals surface area contributed by atoms with Crippen LogP contribution in [0.25, 0.3) is 0 Å². The fraction of sp³-hybridized carbons (Fsp3) is 0.789. The lowest BCUT2D eigenvalue weighted by atomic mass is 9.38. The van der Waals surface area contributed by atoms with Crippen molar-refractivity contribution < 1.29 is 39.9 Å². The van der Waals surface area contributed by atoms with Gasteiger partial charge in [0.15, 0.2) is 11.4 Å². The third kappa shape index (κ3) is 1.73. The van der Waals surface area contributed by atoms with Gasteiger partial charge in [0.2, 0.25) is 0 Å². The number of ether oxygens (including phenoxy) is 1. The first-order valence-electron chi connectivity index (χ1n) is 9.24. The van der Waals surface area contributed by atoms with E-state index < -0.39 is 76.5 Å². The maximum Gasteiger partial charge on any atom is 0.339 e. The third-order valence-electron chi connectivity index (χ3n) is 8.18. The molecule has 0 aromatic heterocycles. The average Bonchev–Trinajstić information content (AvgIpc) is 2.80. The number of carbonyl (C=O) groups excluding carboxylic acids is 2. The van der Waals surface area contributed by atoms with Crippen molar-refractivity contribution in [3.63, 3.8) is 0 Å². The summed E-state index contributed by atoms with van der Waals surface area (Å²) in [6, 6.07) is 0. The summed E-state index contributed by atoms with van der Waals surface area (Å²) in [5.74, 6) is -4.48. The zero-order chi connectivity index (χ0) is 20.3. The van der Waals surface area contributed by atoms with Crippen molar-refractivity contribution in [2.45, 2.75) is 63.8 Å². The number of fused-ring (bicyclic) bond motifs is 2. The molecule has 0 spiro atoms. The van der Waals surface area contributed by atoms with Crippen LogP contribution in [0.1, 0.15) is 27.7 Å². The van der Waals surface area contributed by atoms with Crippen molar-refractivity contribution in [1.29, 1.82) is 0 Å². The SMILES string of the molecule is CC1=CC(=O)C(O)C2(C)C1C(O)C1OC(=O)C3(O)C(C)C(O)C(O)C2C13C. The average molecular weight is 382 g/mol. The summed E-state index contributed by atoms with van der Waals surface area (Å²) in [5.41, 5.74) is -4.60. The predicted octanol–water partition coefficient (Wildman–Crippen LogP) is -1.48. The molecule has 0 radical (unpaired) electrons. The smallest absolute Gasteiger partial charge is 0.339 e. The van der Waals surface area contributed by atoms with E-state index in [9.17, 15) is 35.1 Å². The molecule has 0 bridgehead atoms. The second-order valence-electron chi connectivity index (χ2n) is 9.15. The largest absolute Gasteiger partial charge is 0.457 e. The minimum atomic E-state index is -2.17. The second-order valence-corrected chi connectivity index (χ2v) is 9.15. The number of ketones is 1. The van der Waals surface area contributed by atoms with Crippen molar-refractivity contribution in [3.8, 4) is 0 Å². The Morgan fingerprint density at radius 1 is 1.04 bits per heavy atom. The molecule has 8 heteroatoms. The fourth-order valence-corrected chi connectivity index (χ4v) is 6.92. The molecular formula is C19H26O8. The van der Waals surface area contributed by atoms with Crippen LogP contribution in [0.3, 0.4) is 0 Å². The highest BCUT2D eigenvalue weighted by molar-refractivity contribution is 5.96. The first-order valence-corrected chi connectivity index (χ1v) is 9.24. The lowest BCUT2D eigenvalue weighted by Gasteiger charge is -2.66. The van der Waals surface area contributed by atoms with Crippen molar-refractivity contribution >= 4 is 11.8 Å². The van der Waals surface area contributed by atoms with Crippen molar-refractivity contribution in [1.82, 2.24) is 0 Å². The minimum absolute atomic E-state index is 0.495. The molecule has 3 fully saturated rings. The van der Waals surface area contributed by atoms with Crippen LogP contribution in [0.4, 0.5) is 0 Å². The topological polar surface area (TPSA) is 145 Å². The van der Waals surface area contributed by atoms with Crippen LogP contribution >= 0.6 is 0 Å². The van der Waals surface area contributed by atoms with Crippen molar-refractivity contribution in [2.24, 2.45) is 28.6 Å². The molecule has 27 heavy (non-hydrogen) atoms. The van der Waals surface area contributed by atoms with Gasteiger partial charge in [0.1, 0.15) is 12.2 Å². The number of hydrogen-bond donors (Lipinski definition) is 5. The highest BCUT2D eigenvalue weighted by Gasteiger charge is 2.83. The number of carbonyl (C=O) groups is 2. The zero-order valence-electron chi connectivity index (χ0n) is 15.7. The first kappa shape index (κ1) is 19.0. The van der Waals surface area contributed by atoms with Crippen LogP contribution in [0.2, 0.25) is 0 Å². The van der Waals surface area contributed by atoms with Gasteiger partial charge in [-0.05, 0) is 13.0 Å². The molecule has 150 valence electrons. The molecule has 2 saturated carbocycles. The van der Waals surface area contributed by atoms with Gasteiger partial charge in [-0.2, -0.15) is 0 Å². The van der Waals surface area contributed by atoms with E-state index in [0.717, 1.165) is 0 Å². The van der Waals surface area contributed by atoms with Gasteiger partial charge in [0, 0.05) is 23.2 Å².